The highest BCUT2D eigenvalue weighted by Gasteiger charge is 2.33. The molecule has 2 unspecified atom stereocenters. The zero-order valence-corrected chi connectivity index (χ0v) is 10.9. The van der Waals surface area contributed by atoms with E-state index >= 15 is 0 Å². The molecule has 17 heavy (non-hydrogen) atoms. The van der Waals surface area contributed by atoms with Gasteiger partial charge in [0.15, 0.2) is 0 Å². The minimum atomic E-state index is 0.0332. The van der Waals surface area contributed by atoms with Crippen LogP contribution in [0.15, 0.2) is 17.5 Å². The van der Waals surface area contributed by atoms with E-state index in [0.717, 1.165) is 19.4 Å². The SMILES string of the molecule is CC1CCN(C(=O)CCc2cccs2)C1CO. The second-order valence-electron chi connectivity index (χ2n) is 4.68. The lowest BCUT2D eigenvalue weighted by molar-refractivity contribution is -0.133. The minimum Gasteiger partial charge on any atom is -0.394 e. The van der Waals surface area contributed by atoms with Crippen molar-refractivity contribution >= 4 is 17.2 Å². The lowest BCUT2D eigenvalue weighted by Gasteiger charge is -2.25. The first-order valence-corrected chi connectivity index (χ1v) is 7.03. The third-order valence-electron chi connectivity index (χ3n) is 3.56. The summed E-state index contributed by atoms with van der Waals surface area (Å²) in [7, 11) is 0. The fourth-order valence-electron chi connectivity index (χ4n) is 2.42. The molecule has 0 bridgehead atoms. The van der Waals surface area contributed by atoms with Crippen molar-refractivity contribution in [1.82, 2.24) is 4.90 Å². The lowest BCUT2D eigenvalue weighted by atomic mass is 10.0. The third-order valence-corrected chi connectivity index (χ3v) is 4.49. The number of thiophene rings is 1. The van der Waals surface area contributed by atoms with Gasteiger partial charge in [-0.1, -0.05) is 13.0 Å². The first-order valence-electron chi connectivity index (χ1n) is 6.15. The number of hydrogen-bond acceptors (Lipinski definition) is 3. The van der Waals surface area contributed by atoms with Crippen molar-refractivity contribution in [1.29, 1.82) is 0 Å². The standard InChI is InChI=1S/C13H19NO2S/c1-10-6-7-14(12(10)9-15)13(16)5-4-11-3-2-8-17-11/h2-3,8,10,12,15H,4-7,9H2,1H3. The molecule has 1 aromatic heterocycles. The molecule has 1 saturated heterocycles. The summed E-state index contributed by atoms with van der Waals surface area (Å²) >= 11 is 1.69. The highest BCUT2D eigenvalue weighted by atomic mass is 32.1. The molecule has 1 fully saturated rings. The predicted molar refractivity (Wildman–Crippen MR) is 69.0 cm³/mol. The Balaban J connectivity index is 1.87. The van der Waals surface area contributed by atoms with E-state index in [1.54, 1.807) is 11.3 Å². The molecule has 0 aromatic carbocycles. The Morgan fingerprint density at radius 1 is 1.65 bits per heavy atom. The van der Waals surface area contributed by atoms with Crippen molar-refractivity contribution in [3.63, 3.8) is 0 Å². The first kappa shape index (κ1) is 12.6. The molecule has 0 radical (unpaired) electrons. The first-order chi connectivity index (χ1) is 8.22. The van der Waals surface area contributed by atoms with Crippen LogP contribution in [-0.4, -0.2) is 35.1 Å². The second-order valence-corrected chi connectivity index (χ2v) is 5.71. The zero-order chi connectivity index (χ0) is 12.3. The molecule has 2 atom stereocenters. The molecule has 0 aliphatic carbocycles. The van der Waals surface area contributed by atoms with Crippen molar-refractivity contribution in [2.24, 2.45) is 5.92 Å². The van der Waals surface area contributed by atoms with E-state index in [9.17, 15) is 9.90 Å². The summed E-state index contributed by atoms with van der Waals surface area (Å²) < 4.78 is 0. The molecule has 94 valence electrons. The van der Waals surface area contributed by atoms with E-state index in [0.29, 0.717) is 12.3 Å². The number of nitrogens with zero attached hydrogens (tertiary/aromatic N) is 1. The lowest BCUT2D eigenvalue weighted by Crippen LogP contribution is -2.39. The smallest absolute Gasteiger partial charge is 0.223 e. The number of likely N-dealkylation sites (tertiary alicyclic amines) is 1. The highest BCUT2D eigenvalue weighted by Crippen LogP contribution is 2.24. The number of carbonyl (C=O) groups excluding carboxylic acids is 1. The molecule has 1 amide bonds. The molecule has 1 aliphatic rings. The molecule has 0 spiro atoms. The summed E-state index contributed by atoms with van der Waals surface area (Å²) in [5.74, 6) is 0.604. The number of aryl methyl sites for hydroxylation is 1. The van der Waals surface area contributed by atoms with Crippen LogP contribution in [0.1, 0.15) is 24.6 Å². The van der Waals surface area contributed by atoms with Crippen LogP contribution in [0.2, 0.25) is 0 Å². The molecule has 4 heteroatoms. The molecule has 0 saturated carbocycles. The molecule has 2 rings (SSSR count). The average molecular weight is 253 g/mol. The average Bonchev–Trinajstić information content (AvgIpc) is 2.94. The topological polar surface area (TPSA) is 40.5 Å². The van der Waals surface area contributed by atoms with Gasteiger partial charge < -0.3 is 10.0 Å². The van der Waals surface area contributed by atoms with Crippen LogP contribution in [-0.2, 0) is 11.2 Å². The molecule has 2 heterocycles. The van der Waals surface area contributed by atoms with E-state index in [-0.39, 0.29) is 18.6 Å². The van der Waals surface area contributed by atoms with E-state index in [1.807, 2.05) is 16.3 Å². The Morgan fingerprint density at radius 3 is 3.12 bits per heavy atom. The molecular weight excluding hydrogens is 234 g/mol. The fourth-order valence-corrected chi connectivity index (χ4v) is 3.13. The monoisotopic (exact) mass is 253 g/mol. The molecule has 1 aliphatic heterocycles. The van der Waals surface area contributed by atoms with Crippen LogP contribution < -0.4 is 0 Å². The van der Waals surface area contributed by atoms with E-state index in [1.165, 1.54) is 4.88 Å². The maximum atomic E-state index is 12.1. The van der Waals surface area contributed by atoms with Crippen molar-refractivity contribution in [3.8, 4) is 0 Å². The van der Waals surface area contributed by atoms with Crippen LogP contribution in [0.4, 0.5) is 0 Å². The van der Waals surface area contributed by atoms with Crippen molar-refractivity contribution < 1.29 is 9.90 Å². The van der Waals surface area contributed by atoms with Gasteiger partial charge in [0.05, 0.1) is 12.6 Å². The van der Waals surface area contributed by atoms with Gasteiger partial charge in [-0.15, -0.1) is 11.3 Å². The predicted octanol–water partition coefficient (Wildman–Crippen LogP) is 1.91. The van der Waals surface area contributed by atoms with Crippen LogP contribution in [0.5, 0.6) is 0 Å². The fraction of sp³-hybridized carbons (Fsp3) is 0.615. The second kappa shape index (κ2) is 5.65. The summed E-state index contributed by atoms with van der Waals surface area (Å²) in [5.41, 5.74) is 0. The number of aliphatic hydroxyl groups excluding tert-OH is 1. The van der Waals surface area contributed by atoms with E-state index < -0.39 is 0 Å². The number of aliphatic hydroxyl groups is 1. The van der Waals surface area contributed by atoms with E-state index in [4.69, 9.17) is 0 Å². The van der Waals surface area contributed by atoms with Crippen LogP contribution in [0.3, 0.4) is 0 Å². The van der Waals surface area contributed by atoms with Gasteiger partial charge in [0.1, 0.15) is 0 Å². The number of carbonyl (C=O) groups is 1. The van der Waals surface area contributed by atoms with Crippen molar-refractivity contribution in [2.75, 3.05) is 13.2 Å². The molecular formula is C13H19NO2S. The van der Waals surface area contributed by atoms with Crippen LogP contribution >= 0.6 is 11.3 Å². The Morgan fingerprint density at radius 2 is 2.47 bits per heavy atom. The molecule has 3 nitrogen and oxygen atoms in total. The van der Waals surface area contributed by atoms with Gasteiger partial charge in [0.2, 0.25) is 5.91 Å². The Kier molecular flexibility index (Phi) is 4.18. The molecule has 1 aromatic rings. The summed E-state index contributed by atoms with van der Waals surface area (Å²) in [6.45, 7) is 3.00. The maximum Gasteiger partial charge on any atom is 0.223 e. The van der Waals surface area contributed by atoms with Crippen LogP contribution in [0.25, 0.3) is 0 Å². The number of amides is 1. The minimum absolute atomic E-state index is 0.0332. The highest BCUT2D eigenvalue weighted by molar-refractivity contribution is 7.09. The maximum absolute atomic E-state index is 12.1. The van der Waals surface area contributed by atoms with Gasteiger partial charge in [0, 0.05) is 17.8 Å². The van der Waals surface area contributed by atoms with Gasteiger partial charge in [-0.3, -0.25) is 4.79 Å². The normalized spacial score (nSPS) is 24.2. The zero-order valence-electron chi connectivity index (χ0n) is 10.1. The summed E-state index contributed by atoms with van der Waals surface area (Å²) in [4.78, 5) is 15.2. The van der Waals surface area contributed by atoms with Gasteiger partial charge in [-0.05, 0) is 30.2 Å². The number of rotatable bonds is 4. The Hall–Kier alpha value is -0.870. The number of hydrogen-bond donors (Lipinski definition) is 1. The van der Waals surface area contributed by atoms with Gasteiger partial charge in [0.25, 0.3) is 0 Å². The Labute approximate surface area is 106 Å². The largest absolute Gasteiger partial charge is 0.394 e. The van der Waals surface area contributed by atoms with Gasteiger partial charge >= 0.3 is 0 Å². The molecule has 1 N–H and O–H groups in total. The Bertz CT molecular complexity index is 364. The van der Waals surface area contributed by atoms with Gasteiger partial charge in [-0.2, -0.15) is 0 Å². The van der Waals surface area contributed by atoms with Gasteiger partial charge in [-0.25, -0.2) is 0 Å². The quantitative estimate of drug-likeness (QED) is 0.890. The third kappa shape index (κ3) is 2.87. The van der Waals surface area contributed by atoms with Crippen molar-refractivity contribution in [2.45, 2.75) is 32.2 Å². The summed E-state index contributed by atoms with van der Waals surface area (Å²) in [6.07, 6.45) is 2.39. The van der Waals surface area contributed by atoms with E-state index in [2.05, 4.69) is 13.0 Å². The summed E-state index contributed by atoms with van der Waals surface area (Å²) in [5, 5.41) is 11.4. The van der Waals surface area contributed by atoms with Crippen molar-refractivity contribution in [3.05, 3.63) is 22.4 Å². The summed E-state index contributed by atoms with van der Waals surface area (Å²) in [6, 6.07) is 4.11. The van der Waals surface area contributed by atoms with Crippen LogP contribution in [0, 0.1) is 5.92 Å².